The van der Waals surface area contributed by atoms with Crippen molar-refractivity contribution in [2.24, 2.45) is 16.8 Å². The largest absolute Gasteiger partial charge is 0.351 e. The molecule has 0 heterocycles. The van der Waals surface area contributed by atoms with E-state index in [1.54, 1.807) is 0 Å². The van der Waals surface area contributed by atoms with E-state index in [1.165, 1.54) is 0 Å². The van der Waals surface area contributed by atoms with Crippen LogP contribution < -0.4 is 16.6 Å². The lowest BCUT2D eigenvalue weighted by atomic mass is 10.1. The first-order chi connectivity index (χ1) is 5.85. The van der Waals surface area contributed by atoms with Gasteiger partial charge < -0.3 is 5.32 Å². The molecular weight excluding hydrogens is 164 g/mol. The lowest BCUT2D eigenvalue weighted by molar-refractivity contribution is 0.500. The van der Waals surface area contributed by atoms with Crippen molar-refractivity contribution in [3.05, 3.63) is 0 Å². The van der Waals surface area contributed by atoms with Crippen molar-refractivity contribution in [1.82, 2.24) is 10.7 Å². The summed E-state index contributed by atoms with van der Waals surface area (Å²) in [5.41, 5.74) is 2.54. The molecule has 0 spiro atoms. The molecule has 0 unspecified atom stereocenters. The molecule has 0 aliphatic heterocycles. The Labute approximate surface area is 81.0 Å². The quantitative estimate of drug-likeness (QED) is 0.259. The molecule has 0 saturated carbocycles. The fourth-order valence-electron chi connectivity index (χ4n) is 0.750. The van der Waals surface area contributed by atoms with Crippen molar-refractivity contribution in [3.63, 3.8) is 0 Å². The monoisotopic (exact) mass is 186 g/mol. The Hall–Kier alpha value is -0.770. The zero-order chi connectivity index (χ0) is 10.5. The van der Waals surface area contributed by atoms with Crippen molar-refractivity contribution in [2.45, 2.75) is 40.2 Å². The first-order valence-corrected chi connectivity index (χ1v) is 4.64. The Bertz CT molecular complexity index is 167. The Balaban J connectivity index is 4.10. The van der Waals surface area contributed by atoms with E-state index in [9.17, 15) is 0 Å². The molecule has 13 heavy (non-hydrogen) atoms. The molecule has 0 radical (unpaired) electrons. The van der Waals surface area contributed by atoms with Gasteiger partial charge >= 0.3 is 0 Å². The van der Waals surface area contributed by atoms with Gasteiger partial charge in [0.2, 0.25) is 5.96 Å². The third kappa shape index (κ3) is 7.59. The molecule has 4 heteroatoms. The van der Waals surface area contributed by atoms with Gasteiger partial charge in [0, 0.05) is 12.1 Å². The number of nitrogens with zero attached hydrogens (tertiary/aromatic N) is 1. The van der Waals surface area contributed by atoms with Crippen molar-refractivity contribution < 1.29 is 0 Å². The summed E-state index contributed by atoms with van der Waals surface area (Å²) in [6.07, 6.45) is 0. The summed E-state index contributed by atoms with van der Waals surface area (Å²) in [5, 5.41) is 3.18. The molecule has 0 aliphatic carbocycles. The average molecular weight is 186 g/mol. The normalized spacial score (nSPS) is 13.3. The molecule has 0 aromatic rings. The van der Waals surface area contributed by atoms with E-state index in [1.807, 2.05) is 0 Å². The smallest absolute Gasteiger partial charge is 0.206 e. The lowest BCUT2D eigenvalue weighted by Gasteiger charge is -2.22. The van der Waals surface area contributed by atoms with Crippen LogP contribution in [0.4, 0.5) is 0 Å². The second-order valence-corrected chi connectivity index (χ2v) is 4.60. The van der Waals surface area contributed by atoms with E-state index < -0.39 is 0 Å². The molecule has 0 bridgehead atoms. The van der Waals surface area contributed by atoms with Gasteiger partial charge in [0.05, 0.1) is 0 Å². The zero-order valence-electron chi connectivity index (χ0n) is 9.31. The van der Waals surface area contributed by atoms with Gasteiger partial charge in [-0.15, -0.1) is 0 Å². The number of hydrazine groups is 1. The molecular formula is C9H22N4. The van der Waals surface area contributed by atoms with Crippen LogP contribution >= 0.6 is 0 Å². The van der Waals surface area contributed by atoms with E-state index in [0.717, 1.165) is 6.54 Å². The number of hydrogen-bond donors (Lipinski definition) is 3. The molecule has 4 nitrogen and oxygen atoms in total. The number of aliphatic imine (C=N–C) groups is 1. The van der Waals surface area contributed by atoms with Crippen molar-refractivity contribution in [2.75, 3.05) is 6.54 Å². The maximum absolute atomic E-state index is 5.32. The fraction of sp³-hybridized carbons (Fsp3) is 0.889. The van der Waals surface area contributed by atoms with E-state index in [2.05, 4.69) is 50.4 Å². The molecule has 78 valence electrons. The van der Waals surface area contributed by atoms with Crippen LogP contribution in [0.2, 0.25) is 0 Å². The summed E-state index contributed by atoms with van der Waals surface area (Å²) in [6.45, 7) is 11.2. The Morgan fingerprint density at radius 3 is 2.23 bits per heavy atom. The van der Waals surface area contributed by atoms with Crippen LogP contribution in [0.15, 0.2) is 4.99 Å². The molecule has 4 N–H and O–H groups in total. The van der Waals surface area contributed by atoms with Crippen LogP contribution in [0, 0.1) is 5.92 Å². The lowest BCUT2D eigenvalue weighted by Crippen LogP contribution is -2.50. The maximum Gasteiger partial charge on any atom is 0.206 e. The standard InChI is InChI=1S/C9H22N4/c1-7(2)6-11-8(13-10)12-9(3,4)5/h7H,6,10H2,1-5H3,(H2,11,12,13). The van der Waals surface area contributed by atoms with Crippen LogP contribution in [-0.4, -0.2) is 18.0 Å². The minimum Gasteiger partial charge on any atom is -0.351 e. The van der Waals surface area contributed by atoms with E-state index in [4.69, 9.17) is 5.84 Å². The third-order valence-corrected chi connectivity index (χ3v) is 1.24. The summed E-state index contributed by atoms with van der Waals surface area (Å²) in [5.74, 6) is 6.52. The van der Waals surface area contributed by atoms with Gasteiger partial charge in [0.15, 0.2) is 0 Å². The second-order valence-electron chi connectivity index (χ2n) is 4.60. The first kappa shape index (κ1) is 12.2. The number of hydrogen-bond acceptors (Lipinski definition) is 2. The molecule has 0 aromatic heterocycles. The highest BCUT2D eigenvalue weighted by molar-refractivity contribution is 5.79. The fourth-order valence-corrected chi connectivity index (χ4v) is 0.750. The van der Waals surface area contributed by atoms with Crippen molar-refractivity contribution in [1.29, 1.82) is 0 Å². The minimum atomic E-state index is -0.0117. The Morgan fingerprint density at radius 1 is 1.38 bits per heavy atom. The van der Waals surface area contributed by atoms with Crippen molar-refractivity contribution >= 4 is 5.96 Å². The van der Waals surface area contributed by atoms with E-state index in [-0.39, 0.29) is 5.54 Å². The minimum absolute atomic E-state index is 0.0117. The van der Waals surface area contributed by atoms with Crippen LogP contribution in [0.25, 0.3) is 0 Å². The topological polar surface area (TPSA) is 62.4 Å². The summed E-state index contributed by atoms with van der Waals surface area (Å²) in [4.78, 5) is 4.30. The second kappa shape index (κ2) is 5.07. The number of guanidine groups is 1. The summed E-state index contributed by atoms with van der Waals surface area (Å²) < 4.78 is 0. The summed E-state index contributed by atoms with van der Waals surface area (Å²) in [7, 11) is 0. The van der Waals surface area contributed by atoms with Gasteiger partial charge in [-0.2, -0.15) is 0 Å². The Morgan fingerprint density at radius 2 is 1.92 bits per heavy atom. The molecule has 0 amide bonds. The Kier molecular flexibility index (Phi) is 4.77. The number of rotatable bonds is 2. The summed E-state index contributed by atoms with van der Waals surface area (Å²) >= 11 is 0. The van der Waals surface area contributed by atoms with Crippen LogP contribution in [0.1, 0.15) is 34.6 Å². The van der Waals surface area contributed by atoms with Gasteiger partial charge in [-0.1, -0.05) is 13.8 Å². The SMILES string of the molecule is CC(C)CN=C(NN)NC(C)(C)C. The molecule has 0 aromatic carbocycles. The average Bonchev–Trinajstić information content (AvgIpc) is 1.95. The highest BCUT2D eigenvalue weighted by Gasteiger charge is 2.10. The first-order valence-electron chi connectivity index (χ1n) is 4.64. The van der Waals surface area contributed by atoms with Gasteiger partial charge in [0.1, 0.15) is 0 Å². The number of nitrogens with two attached hydrogens (primary N) is 1. The van der Waals surface area contributed by atoms with Gasteiger partial charge in [-0.3, -0.25) is 10.4 Å². The predicted octanol–water partition coefficient (Wildman–Crippen LogP) is 0.850. The molecule has 0 aliphatic rings. The highest BCUT2D eigenvalue weighted by atomic mass is 15.3. The van der Waals surface area contributed by atoms with Crippen molar-refractivity contribution in [3.8, 4) is 0 Å². The van der Waals surface area contributed by atoms with Crippen LogP contribution in [-0.2, 0) is 0 Å². The van der Waals surface area contributed by atoms with E-state index in [0.29, 0.717) is 11.9 Å². The number of nitrogens with one attached hydrogen (secondary N) is 2. The predicted molar refractivity (Wildman–Crippen MR) is 57.4 cm³/mol. The molecule has 0 fully saturated rings. The molecule has 0 atom stereocenters. The van der Waals surface area contributed by atoms with Crippen LogP contribution in [0.3, 0.4) is 0 Å². The maximum atomic E-state index is 5.32. The molecule has 0 saturated heterocycles. The van der Waals surface area contributed by atoms with E-state index >= 15 is 0 Å². The highest BCUT2D eigenvalue weighted by Crippen LogP contribution is 1.98. The van der Waals surface area contributed by atoms with Crippen LogP contribution in [0.5, 0.6) is 0 Å². The van der Waals surface area contributed by atoms with Gasteiger partial charge in [-0.25, -0.2) is 5.84 Å². The summed E-state index contributed by atoms with van der Waals surface area (Å²) in [6, 6.07) is 0. The van der Waals surface area contributed by atoms with Gasteiger partial charge in [-0.05, 0) is 26.7 Å². The zero-order valence-corrected chi connectivity index (χ0v) is 9.31. The molecule has 0 rings (SSSR count). The third-order valence-electron chi connectivity index (χ3n) is 1.24. The van der Waals surface area contributed by atoms with Gasteiger partial charge in [0.25, 0.3) is 0 Å².